The summed E-state index contributed by atoms with van der Waals surface area (Å²) in [4.78, 5) is 13.2. The first-order chi connectivity index (χ1) is 7.89. The highest BCUT2D eigenvalue weighted by Gasteiger charge is 2.44. The number of rotatable bonds is 5. The normalized spacial score (nSPS) is 29.0. The standard InChI is InChI=1S/C11H20F2N2O2/c1-3-17-10(16)11(14)5-4-8(6-11)15(2)7-9(12)13/h8-9H,3-7,14H2,1-2H3. The second-order valence-corrected chi connectivity index (χ2v) is 4.60. The molecule has 0 saturated heterocycles. The predicted octanol–water partition coefficient (Wildman–Crippen LogP) is 0.996. The van der Waals surface area contributed by atoms with Gasteiger partial charge in [-0.15, -0.1) is 0 Å². The zero-order valence-electron chi connectivity index (χ0n) is 10.3. The molecule has 0 spiro atoms. The molecule has 0 aromatic heterocycles. The monoisotopic (exact) mass is 250 g/mol. The highest BCUT2D eigenvalue weighted by atomic mass is 19.3. The molecular formula is C11H20F2N2O2. The number of halogens is 2. The Balaban J connectivity index is 2.53. The van der Waals surface area contributed by atoms with E-state index in [9.17, 15) is 13.6 Å². The van der Waals surface area contributed by atoms with Gasteiger partial charge in [-0.2, -0.15) is 0 Å². The van der Waals surface area contributed by atoms with E-state index in [2.05, 4.69) is 0 Å². The minimum absolute atomic E-state index is 0.0709. The van der Waals surface area contributed by atoms with E-state index in [0.717, 1.165) is 0 Å². The molecule has 1 aliphatic carbocycles. The van der Waals surface area contributed by atoms with E-state index < -0.39 is 17.9 Å². The van der Waals surface area contributed by atoms with Crippen molar-refractivity contribution in [2.24, 2.45) is 5.73 Å². The summed E-state index contributed by atoms with van der Waals surface area (Å²) in [5, 5.41) is 0. The molecule has 0 aromatic rings. The van der Waals surface area contributed by atoms with Gasteiger partial charge in [0, 0.05) is 6.04 Å². The van der Waals surface area contributed by atoms with Crippen molar-refractivity contribution in [2.45, 2.75) is 44.2 Å². The SMILES string of the molecule is CCOC(=O)C1(N)CCC(N(C)CC(F)F)C1. The van der Waals surface area contributed by atoms with Crippen LogP contribution in [0.25, 0.3) is 0 Å². The van der Waals surface area contributed by atoms with Gasteiger partial charge in [-0.25, -0.2) is 8.78 Å². The Morgan fingerprint density at radius 3 is 2.82 bits per heavy atom. The van der Waals surface area contributed by atoms with Gasteiger partial charge in [0.25, 0.3) is 6.43 Å². The second-order valence-electron chi connectivity index (χ2n) is 4.60. The average molecular weight is 250 g/mol. The minimum atomic E-state index is -2.37. The fourth-order valence-corrected chi connectivity index (χ4v) is 2.25. The molecule has 100 valence electrons. The molecule has 1 saturated carbocycles. The first kappa shape index (κ1) is 14.3. The summed E-state index contributed by atoms with van der Waals surface area (Å²) in [5.74, 6) is -0.423. The van der Waals surface area contributed by atoms with Crippen molar-refractivity contribution in [2.75, 3.05) is 20.2 Å². The summed E-state index contributed by atoms with van der Waals surface area (Å²) in [6.45, 7) is 1.72. The summed E-state index contributed by atoms with van der Waals surface area (Å²) >= 11 is 0. The molecular weight excluding hydrogens is 230 g/mol. The van der Waals surface area contributed by atoms with Gasteiger partial charge in [0.15, 0.2) is 0 Å². The van der Waals surface area contributed by atoms with E-state index in [-0.39, 0.29) is 19.2 Å². The highest BCUT2D eigenvalue weighted by Crippen LogP contribution is 2.31. The van der Waals surface area contributed by atoms with Gasteiger partial charge >= 0.3 is 5.97 Å². The fourth-order valence-electron chi connectivity index (χ4n) is 2.25. The van der Waals surface area contributed by atoms with Gasteiger partial charge in [0.1, 0.15) is 5.54 Å². The Hall–Kier alpha value is -0.750. The van der Waals surface area contributed by atoms with Crippen LogP contribution in [0.2, 0.25) is 0 Å². The van der Waals surface area contributed by atoms with Crippen molar-refractivity contribution >= 4 is 5.97 Å². The number of hydrogen-bond donors (Lipinski definition) is 1. The lowest BCUT2D eigenvalue weighted by molar-refractivity contribution is -0.149. The Kier molecular flexibility index (Phi) is 4.82. The van der Waals surface area contributed by atoms with E-state index in [1.807, 2.05) is 0 Å². The number of esters is 1. The third-order valence-electron chi connectivity index (χ3n) is 3.25. The number of ether oxygens (including phenoxy) is 1. The van der Waals surface area contributed by atoms with Crippen LogP contribution < -0.4 is 5.73 Å². The second kappa shape index (κ2) is 5.73. The zero-order chi connectivity index (χ0) is 13.1. The number of nitrogens with two attached hydrogens (primary N) is 1. The molecule has 1 fully saturated rings. The van der Waals surface area contributed by atoms with E-state index >= 15 is 0 Å². The average Bonchev–Trinajstić information content (AvgIpc) is 2.62. The van der Waals surface area contributed by atoms with Crippen LogP contribution in [0.15, 0.2) is 0 Å². The van der Waals surface area contributed by atoms with Gasteiger partial charge in [-0.3, -0.25) is 9.69 Å². The van der Waals surface area contributed by atoms with Crippen molar-refractivity contribution in [3.05, 3.63) is 0 Å². The van der Waals surface area contributed by atoms with Crippen LogP contribution in [0.5, 0.6) is 0 Å². The van der Waals surface area contributed by atoms with Crippen LogP contribution in [-0.4, -0.2) is 49.1 Å². The fraction of sp³-hybridized carbons (Fsp3) is 0.909. The number of carbonyl (C=O) groups is 1. The van der Waals surface area contributed by atoms with Crippen molar-refractivity contribution in [1.29, 1.82) is 0 Å². The summed E-state index contributed by atoms with van der Waals surface area (Å²) in [5.41, 5.74) is 4.96. The van der Waals surface area contributed by atoms with E-state index in [4.69, 9.17) is 10.5 Å². The number of nitrogens with zero attached hydrogens (tertiary/aromatic N) is 1. The van der Waals surface area contributed by atoms with Crippen LogP contribution >= 0.6 is 0 Å². The third kappa shape index (κ3) is 3.61. The van der Waals surface area contributed by atoms with Gasteiger partial charge in [0.05, 0.1) is 13.2 Å². The van der Waals surface area contributed by atoms with E-state index in [1.165, 1.54) is 0 Å². The summed E-state index contributed by atoms with van der Waals surface area (Å²) < 4.78 is 29.4. The van der Waals surface area contributed by atoms with Crippen molar-refractivity contribution in [3.63, 3.8) is 0 Å². The Labute approximate surface area is 100 Å². The van der Waals surface area contributed by atoms with Crippen LogP contribution in [0.3, 0.4) is 0 Å². The molecule has 6 heteroatoms. The lowest BCUT2D eigenvalue weighted by atomic mass is 9.99. The summed E-state index contributed by atoms with van der Waals surface area (Å²) in [6.07, 6.45) is -0.840. The van der Waals surface area contributed by atoms with E-state index in [1.54, 1.807) is 18.9 Å². The minimum Gasteiger partial charge on any atom is -0.465 e. The third-order valence-corrected chi connectivity index (χ3v) is 3.25. The number of hydrogen-bond acceptors (Lipinski definition) is 4. The maximum Gasteiger partial charge on any atom is 0.326 e. The van der Waals surface area contributed by atoms with Gasteiger partial charge in [-0.1, -0.05) is 0 Å². The Morgan fingerprint density at radius 1 is 1.65 bits per heavy atom. The van der Waals surface area contributed by atoms with Gasteiger partial charge < -0.3 is 10.5 Å². The molecule has 1 rings (SSSR count). The predicted molar refractivity (Wildman–Crippen MR) is 59.8 cm³/mol. The maximum absolute atomic E-state index is 12.2. The van der Waals surface area contributed by atoms with Crippen molar-refractivity contribution in [1.82, 2.24) is 4.90 Å². The molecule has 0 heterocycles. The molecule has 4 nitrogen and oxygen atoms in total. The molecule has 0 bridgehead atoms. The smallest absolute Gasteiger partial charge is 0.326 e. The largest absolute Gasteiger partial charge is 0.465 e. The summed E-state index contributed by atoms with van der Waals surface area (Å²) in [6, 6.07) is -0.0709. The molecule has 2 unspecified atom stereocenters. The zero-order valence-corrected chi connectivity index (χ0v) is 10.3. The molecule has 0 radical (unpaired) electrons. The molecule has 17 heavy (non-hydrogen) atoms. The lowest BCUT2D eigenvalue weighted by Crippen LogP contribution is -2.48. The quantitative estimate of drug-likeness (QED) is 0.739. The molecule has 2 atom stereocenters. The van der Waals surface area contributed by atoms with Gasteiger partial charge in [0.2, 0.25) is 0 Å². The number of carbonyl (C=O) groups excluding carboxylic acids is 1. The highest BCUT2D eigenvalue weighted by molar-refractivity contribution is 5.81. The Morgan fingerprint density at radius 2 is 2.29 bits per heavy atom. The molecule has 0 amide bonds. The maximum atomic E-state index is 12.2. The van der Waals surface area contributed by atoms with Crippen molar-refractivity contribution in [3.8, 4) is 0 Å². The van der Waals surface area contributed by atoms with E-state index in [0.29, 0.717) is 19.3 Å². The number of alkyl halides is 2. The van der Waals surface area contributed by atoms with Gasteiger partial charge in [-0.05, 0) is 33.2 Å². The summed E-state index contributed by atoms with van der Waals surface area (Å²) in [7, 11) is 1.63. The first-order valence-electron chi connectivity index (χ1n) is 5.83. The molecule has 0 aliphatic heterocycles. The van der Waals surface area contributed by atoms with Crippen molar-refractivity contribution < 1.29 is 18.3 Å². The molecule has 0 aromatic carbocycles. The topological polar surface area (TPSA) is 55.6 Å². The first-order valence-corrected chi connectivity index (χ1v) is 5.83. The van der Waals surface area contributed by atoms with Crippen LogP contribution in [-0.2, 0) is 9.53 Å². The lowest BCUT2D eigenvalue weighted by Gasteiger charge is -2.26. The molecule has 2 N–H and O–H groups in total. The Bertz CT molecular complexity index is 276. The molecule has 1 aliphatic rings. The van der Waals surface area contributed by atoms with Crippen LogP contribution in [0.4, 0.5) is 8.78 Å². The van der Waals surface area contributed by atoms with Crippen LogP contribution in [0.1, 0.15) is 26.2 Å². The van der Waals surface area contributed by atoms with Crippen LogP contribution in [0, 0.1) is 0 Å².